The van der Waals surface area contributed by atoms with Gasteiger partial charge >= 0.3 is 12.0 Å². The first-order valence-corrected chi connectivity index (χ1v) is 17.9. The number of nitrogens with zero attached hydrogens (tertiary/aromatic N) is 1. The van der Waals surface area contributed by atoms with Crippen LogP contribution in [0.2, 0.25) is 0 Å². The van der Waals surface area contributed by atoms with Crippen LogP contribution in [0, 0.1) is 22.7 Å². The molecule has 7 atom stereocenters. The third kappa shape index (κ3) is 7.41. The SMILES string of the molecule is CC(C)(C)[C@@H](NC(=O)N[C@H]1C(=O)OC2Cc3ccccc3C2C1(C)C)C(=O)N1CCC(C(Cl)Cl)[C@H]1C(=O)NC(CC1CCC1)C(=O)C(N)=O. The Morgan fingerprint density at radius 3 is 2.33 bits per heavy atom. The summed E-state index contributed by atoms with van der Waals surface area (Å²) in [4.78, 5) is 80.0. The monoisotopic (exact) mass is 719 g/mol. The van der Waals surface area contributed by atoms with Crippen molar-refractivity contribution in [2.75, 3.05) is 6.54 Å². The summed E-state index contributed by atoms with van der Waals surface area (Å²) in [6, 6.07) is 2.70. The molecule has 5 amide bonds. The molecule has 4 unspecified atom stereocenters. The van der Waals surface area contributed by atoms with Gasteiger partial charge in [-0.25, -0.2) is 9.59 Å². The van der Waals surface area contributed by atoms with Crippen LogP contribution < -0.4 is 21.7 Å². The topological polar surface area (TPSA) is 177 Å². The van der Waals surface area contributed by atoms with E-state index in [1.165, 1.54) is 4.90 Å². The number of Topliss-reactive ketones (excluding diaryl/α,β-unsaturated/α-hetero) is 1. The van der Waals surface area contributed by atoms with Crippen molar-refractivity contribution in [1.29, 1.82) is 0 Å². The normalized spacial score (nSPS) is 27.2. The molecule has 3 fully saturated rings. The predicted octanol–water partition coefficient (Wildman–Crippen LogP) is 3.11. The van der Waals surface area contributed by atoms with Crippen LogP contribution in [0.1, 0.15) is 83.8 Å². The number of esters is 1. The minimum Gasteiger partial charge on any atom is -0.460 e. The largest absolute Gasteiger partial charge is 0.460 e. The number of likely N-dealkylation sites (tertiary alicyclic amines) is 1. The van der Waals surface area contributed by atoms with Crippen molar-refractivity contribution >= 4 is 58.7 Å². The number of halogens is 2. The Kier molecular flexibility index (Phi) is 10.6. The van der Waals surface area contributed by atoms with E-state index in [-0.39, 0.29) is 37.3 Å². The van der Waals surface area contributed by atoms with E-state index in [1.54, 1.807) is 20.8 Å². The number of benzene rings is 1. The van der Waals surface area contributed by atoms with Crippen molar-refractivity contribution in [2.24, 2.45) is 28.4 Å². The second-order valence-electron chi connectivity index (χ2n) is 15.6. The molecule has 14 heteroatoms. The van der Waals surface area contributed by atoms with E-state index in [1.807, 2.05) is 38.1 Å². The number of nitrogens with one attached hydrogen (secondary N) is 3. The van der Waals surface area contributed by atoms with Crippen molar-refractivity contribution in [2.45, 2.75) is 114 Å². The van der Waals surface area contributed by atoms with Gasteiger partial charge in [0.05, 0.1) is 6.04 Å². The van der Waals surface area contributed by atoms with Crippen molar-refractivity contribution in [3.8, 4) is 0 Å². The molecule has 4 aliphatic rings. The van der Waals surface area contributed by atoms with Crippen LogP contribution in [-0.2, 0) is 35.1 Å². The first kappa shape index (κ1) is 36.9. The Morgan fingerprint density at radius 2 is 1.73 bits per heavy atom. The van der Waals surface area contributed by atoms with Gasteiger partial charge in [0.1, 0.15) is 29.1 Å². The number of alkyl halides is 2. The van der Waals surface area contributed by atoms with Crippen LogP contribution in [0.5, 0.6) is 0 Å². The molecule has 5 N–H and O–H groups in total. The Morgan fingerprint density at radius 1 is 1.06 bits per heavy atom. The molecule has 0 bridgehead atoms. The fraction of sp³-hybridized carbons (Fsp3) is 0.657. The van der Waals surface area contributed by atoms with E-state index < -0.39 is 81.3 Å². The van der Waals surface area contributed by atoms with Crippen molar-refractivity contribution in [1.82, 2.24) is 20.9 Å². The quantitative estimate of drug-likeness (QED) is 0.163. The van der Waals surface area contributed by atoms with E-state index in [2.05, 4.69) is 16.0 Å². The van der Waals surface area contributed by atoms with Crippen LogP contribution in [0.15, 0.2) is 24.3 Å². The minimum atomic E-state index is -1.18. The van der Waals surface area contributed by atoms with Crippen LogP contribution in [0.3, 0.4) is 0 Å². The number of fused-ring (bicyclic) bond motifs is 3. The number of carbonyl (C=O) groups excluding carboxylic acids is 6. The minimum absolute atomic E-state index is 0.106. The van der Waals surface area contributed by atoms with Crippen LogP contribution in [0.4, 0.5) is 4.79 Å². The third-order valence-corrected chi connectivity index (χ3v) is 11.5. The second kappa shape index (κ2) is 14.1. The fourth-order valence-corrected chi connectivity index (χ4v) is 8.52. The molecule has 0 spiro atoms. The lowest BCUT2D eigenvalue weighted by atomic mass is 9.68. The number of nitrogens with two attached hydrogens (primary N) is 1. The van der Waals surface area contributed by atoms with E-state index >= 15 is 0 Å². The van der Waals surface area contributed by atoms with Crippen molar-refractivity contribution in [3.05, 3.63) is 35.4 Å². The molecule has 0 radical (unpaired) electrons. The van der Waals surface area contributed by atoms with Gasteiger partial charge in [-0.1, -0.05) is 78.1 Å². The fourth-order valence-electron chi connectivity index (χ4n) is 8.00. The molecular formula is C35H47Cl2N5O7. The summed E-state index contributed by atoms with van der Waals surface area (Å²) in [6.07, 6.45) is 3.53. The molecule has 268 valence electrons. The average molecular weight is 721 g/mol. The first-order valence-electron chi connectivity index (χ1n) is 17.0. The number of amides is 5. The number of primary amides is 1. The summed E-state index contributed by atoms with van der Waals surface area (Å²) < 4.78 is 5.84. The number of carbonyl (C=O) groups is 6. The van der Waals surface area contributed by atoms with Crippen LogP contribution in [-0.4, -0.2) is 82.1 Å². The maximum atomic E-state index is 14.3. The molecule has 1 saturated carbocycles. The lowest BCUT2D eigenvalue weighted by Gasteiger charge is -2.45. The summed E-state index contributed by atoms with van der Waals surface area (Å²) in [5.41, 5.74) is 5.93. The highest BCUT2D eigenvalue weighted by Gasteiger charge is 2.56. The first-order chi connectivity index (χ1) is 22.9. The molecule has 2 heterocycles. The highest BCUT2D eigenvalue weighted by atomic mass is 35.5. The molecular weight excluding hydrogens is 673 g/mol. The van der Waals surface area contributed by atoms with Gasteiger partial charge in [0.15, 0.2) is 0 Å². The van der Waals surface area contributed by atoms with E-state index in [0.717, 1.165) is 30.4 Å². The molecule has 0 aromatic heterocycles. The molecule has 1 aromatic carbocycles. The van der Waals surface area contributed by atoms with Gasteiger partial charge in [-0.2, -0.15) is 0 Å². The van der Waals surface area contributed by atoms with Gasteiger partial charge < -0.3 is 31.3 Å². The zero-order valence-electron chi connectivity index (χ0n) is 28.6. The molecule has 1 aromatic rings. The molecule has 2 aliphatic carbocycles. The molecule has 5 rings (SSSR count). The lowest BCUT2D eigenvalue weighted by molar-refractivity contribution is -0.167. The maximum Gasteiger partial charge on any atom is 0.329 e. The van der Waals surface area contributed by atoms with Crippen molar-refractivity contribution < 1.29 is 33.5 Å². The standard InChI is InChI=1S/C35H47Cl2N5O7/c1-34(2,3)26(40-33(48)41-27-32(47)49-22-16-18-11-6-7-12-19(18)23(22)35(27,4)5)31(46)42-14-13-20(28(36)37)24(42)30(45)39-21(25(43)29(38)44)15-17-9-8-10-17/h6-7,11-12,17,20-24,26-28H,8-10,13-16H2,1-5H3,(H2,38,44)(H,39,45)(H2,40,41,48)/t20?,21?,22?,23?,24-,26-,27-/m0/s1. The number of rotatable bonds is 10. The van der Waals surface area contributed by atoms with Gasteiger partial charge in [-0.15, -0.1) is 23.2 Å². The van der Waals surface area contributed by atoms with Gasteiger partial charge in [0.25, 0.3) is 5.91 Å². The number of ketones is 1. The maximum absolute atomic E-state index is 14.3. The Hall–Kier alpha value is -3.38. The number of hydrogen-bond acceptors (Lipinski definition) is 7. The summed E-state index contributed by atoms with van der Waals surface area (Å²) >= 11 is 12.6. The zero-order valence-corrected chi connectivity index (χ0v) is 30.1. The van der Waals surface area contributed by atoms with E-state index in [9.17, 15) is 28.8 Å². The molecule has 2 saturated heterocycles. The van der Waals surface area contributed by atoms with Gasteiger partial charge in [0.2, 0.25) is 17.6 Å². The Balaban J connectivity index is 1.34. The van der Waals surface area contributed by atoms with Crippen LogP contribution in [0.25, 0.3) is 0 Å². The van der Waals surface area contributed by atoms with Gasteiger partial charge in [-0.05, 0) is 35.3 Å². The zero-order chi connectivity index (χ0) is 36.0. The number of hydrogen-bond donors (Lipinski definition) is 4. The number of ether oxygens (including phenoxy) is 1. The highest BCUT2D eigenvalue weighted by Crippen LogP contribution is 2.51. The van der Waals surface area contributed by atoms with Crippen LogP contribution >= 0.6 is 23.2 Å². The van der Waals surface area contributed by atoms with Gasteiger partial charge in [-0.3, -0.25) is 19.2 Å². The van der Waals surface area contributed by atoms with E-state index in [4.69, 9.17) is 33.7 Å². The smallest absolute Gasteiger partial charge is 0.329 e. The summed E-state index contributed by atoms with van der Waals surface area (Å²) in [6.45, 7) is 9.26. The van der Waals surface area contributed by atoms with Crippen molar-refractivity contribution in [3.63, 3.8) is 0 Å². The average Bonchev–Trinajstić information content (AvgIpc) is 3.60. The number of urea groups is 1. The van der Waals surface area contributed by atoms with E-state index in [0.29, 0.717) is 6.42 Å². The summed E-state index contributed by atoms with van der Waals surface area (Å²) in [7, 11) is 0. The Bertz CT molecular complexity index is 1510. The third-order valence-electron chi connectivity index (χ3n) is 10.9. The molecule has 12 nitrogen and oxygen atoms in total. The lowest BCUT2D eigenvalue weighted by Crippen LogP contribution is -2.64. The molecule has 49 heavy (non-hydrogen) atoms. The molecule has 2 aliphatic heterocycles. The summed E-state index contributed by atoms with van der Waals surface area (Å²) in [5.74, 6) is -4.53. The predicted molar refractivity (Wildman–Crippen MR) is 182 cm³/mol. The summed E-state index contributed by atoms with van der Waals surface area (Å²) in [5, 5.41) is 8.24. The highest BCUT2D eigenvalue weighted by molar-refractivity contribution is 6.44. The second-order valence-corrected chi connectivity index (χ2v) is 16.8. The Labute approximate surface area is 296 Å². The van der Waals surface area contributed by atoms with Gasteiger partial charge in [0, 0.05) is 30.2 Å².